The van der Waals surface area contributed by atoms with E-state index in [1.165, 1.54) is 4.31 Å². The van der Waals surface area contributed by atoms with Gasteiger partial charge >= 0.3 is 4.87 Å². The van der Waals surface area contributed by atoms with Gasteiger partial charge in [-0.25, -0.2) is 8.42 Å². The van der Waals surface area contributed by atoms with E-state index in [-0.39, 0.29) is 21.2 Å². The van der Waals surface area contributed by atoms with Crippen molar-refractivity contribution in [2.45, 2.75) is 37.1 Å². The number of aromatic amines is 1. The van der Waals surface area contributed by atoms with E-state index in [0.29, 0.717) is 18.8 Å². The lowest BCUT2D eigenvalue weighted by molar-refractivity contribution is 0.245. The summed E-state index contributed by atoms with van der Waals surface area (Å²) in [6.45, 7) is 6.47. The van der Waals surface area contributed by atoms with Crippen LogP contribution in [0.5, 0.6) is 0 Å². The van der Waals surface area contributed by atoms with Crippen LogP contribution in [-0.2, 0) is 10.0 Å². The van der Waals surface area contributed by atoms with Crippen molar-refractivity contribution in [3.05, 3.63) is 15.4 Å². The molecule has 1 saturated heterocycles. The first-order valence-corrected chi connectivity index (χ1v) is 8.03. The van der Waals surface area contributed by atoms with Crippen LogP contribution in [0.1, 0.15) is 19.5 Å². The molecule has 2 unspecified atom stereocenters. The number of thiazole rings is 1. The Balaban J connectivity index is 2.42. The van der Waals surface area contributed by atoms with Gasteiger partial charge in [0.15, 0.2) is 4.21 Å². The Hall–Kier alpha value is -0.700. The zero-order valence-corrected chi connectivity index (χ0v) is 12.2. The van der Waals surface area contributed by atoms with Crippen LogP contribution in [-0.4, -0.2) is 42.9 Å². The van der Waals surface area contributed by atoms with Crippen molar-refractivity contribution < 1.29 is 8.42 Å². The lowest BCUT2D eigenvalue weighted by Gasteiger charge is -2.36. The molecule has 0 saturated carbocycles. The minimum absolute atomic E-state index is 0.109. The minimum Gasteiger partial charge on any atom is -0.315 e. The number of aromatic nitrogens is 1. The van der Waals surface area contributed by atoms with Crippen molar-refractivity contribution in [2.75, 3.05) is 13.1 Å². The first kappa shape index (κ1) is 13.7. The zero-order valence-electron chi connectivity index (χ0n) is 10.6. The second-order valence-corrected chi connectivity index (χ2v) is 7.73. The lowest BCUT2D eigenvalue weighted by Crippen LogP contribution is -2.56. The second kappa shape index (κ2) is 4.76. The predicted octanol–water partition coefficient (Wildman–Crippen LogP) is 0.116. The van der Waals surface area contributed by atoms with E-state index in [1.807, 2.05) is 13.8 Å². The summed E-state index contributed by atoms with van der Waals surface area (Å²) in [6.07, 6.45) is 0. The molecular formula is C10H17N3O3S2. The van der Waals surface area contributed by atoms with E-state index in [2.05, 4.69) is 10.3 Å². The number of nitrogens with one attached hydrogen (secondary N) is 2. The topological polar surface area (TPSA) is 82.3 Å². The van der Waals surface area contributed by atoms with Crippen LogP contribution in [0.2, 0.25) is 0 Å². The molecular weight excluding hydrogens is 274 g/mol. The van der Waals surface area contributed by atoms with Crippen molar-refractivity contribution in [3.8, 4) is 0 Å². The highest BCUT2D eigenvalue weighted by Gasteiger charge is 2.35. The van der Waals surface area contributed by atoms with Gasteiger partial charge in [-0.05, 0) is 20.8 Å². The van der Waals surface area contributed by atoms with Gasteiger partial charge < -0.3 is 10.3 Å². The number of hydrogen-bond donors (Lipinski definition) is 2. The zero-order chi connectivity index (χ0) is 13.5. The molecule has 0 amide bonds. The standard InChI is InChI=1S/C10H17N3O3S2/c1-6-5-13(7(2)4-11-6)18(15,16)9-8(3)12-10(14)17-9/h6-7,11H,4-5H2,1-3H3,(H,12,14). The van der Waals surface area contributed by atoms with Crippen molar-refractivity contribution in [3.63, 3.8) is 0 Å². The molecule has 2 N–H and O–H groups in total. The Morgan fingerprint density at radius 3 is 2.61 bits per heavy atom. The Morgan fingerprint density at radius 2 is 2.06 bits per heavy atom. The van der Waals surface area contributed by atoms with E-state index >= 15 is 0 Å². The molecule has 102 valence electrons. The van der Waals surface area contributed by atoms with Gasteiger partial charge in [0, 0.05) is 30.9 Å². The first-order valence-electron chi connectivity index (χ1n) is 5.77. The lowest BCUT2D eigenvalue weighted by atomic mass is 10.2. The van der Waals surface area contributed by atoms with E-state index in [1.54, 1.807) is 6.92 Å². The molecule has 1 aromatic rings. The molecule has 0 aliphatic carbocycles. The number of nitrogens with zero attached hydrogens (tertiary/aromatic N) is 1. The van der Waals surface area contributed by atoms with Crippen LogP contribution < -0.4 is 10.2 Å². The Labute approximate surface area is 110 Å². The van der Waals surface area contributed by atoms with Crippen LogP contribution in [0.4, 0.5) is 0 Å². The van der Waals surface area contributed by atoms with Crippen LogP contribution in [0, 0.1) is 6.92 Å². The fraction of sp³-hybridized carbons (Fsp3) is 0.700. The van der Waals surface area contributed by atoms with Crippen molar-refractivity contribution in [1.82, 2.24) is 14.6 Å². The molecule has 2 atom stereocenters. The van der Waals surface area contributed by atoms with Gasteiger partial charge in [0.25, 0.3) is 10.0 Å². The monoisotopic (exact) mass is 291 g/mol. The van der Waals surface area contributed by atoms with Crippen LogP contribution in [0.3, 0.4) is 0 Å². The maximum atomic E-state index is 12.5. The van der Waals surface area contributed by atoms with Crippen molar-refractivity contribution >= 4 is 21.4 Å². The SMILES string of the molecule is Cc1[nH]c(=O)sc1S(=O)(=O)N1CC(C)NCC1C. The smallest absolute Gasteiger partial charge is 0.305 e. The molecule has 1 aliphatic rings. The van der Waals surface area contributed by atoms with Gasteiger partial charge in [0.05, 0.1) is 0 Å². The summed E-state index contributed by atoms with van der Waals surface area (Å²) in [6, 6.07) is 0.00902. The molecule has 0 aromatic carbocycles. The molecule has 0 radical (unpaired) electrons. The van der Waals surface area contributed by atoms with Crippen LogP contribution in [0.25, 0.3) is 0 Å². The second-order valence-electron chi connectivity index (χ2n) is 4.66. The fourth-order valence-corrected chi connectivity index (χ4v) is 5.20. The molecule has 0 spiro atoms. The summed E-state index contributed by atoms with van der Waals surface area (Å²) in [5.41, 5.74) is 0.420. The molecule has 6 nitrogen and oxygen atoms in total. The number of hydrogen-bond acceptors (Lipinski definition) is 5. The molecule has 1 fully saturated rings. The predicted molar refractivity (Wildman–Crippen MR) is 70.5 cm³/mol. The normalized spacial score (nSPS) is 26.4. The molecule has 1 aliphatic heterocycles. The van der Waals surface area contributed by atoms with E-state index in [9.17, 15) is 13.2 Å². The summed E-state index contributed by atoms with van der Waals surface area (Å²) in [7, 11) is -3.57. The number of sulfonamides is 1. The molecule has 0 bridgehead atoms. The average Bonchev–Trinajstić information content (AvgIpc) is 2.62. The first-order chi connectivity index (χ1) is 8.32. The van der Waals surface area contributed by atoms with Crippen LogP contribution >= 0.6 is 11.3 Å². The van der Waals surface area contributed by atoms with E-state index in [4.69, 9.17) is 0 Å². The van der Waals surface area contributed by atoms with E-state index < -0.39 is 10.0 Å². The highest BCUT2D eigenvalue weighted by Crippen LogP contribution is 2.24. The third-order valence-electron chi connectivity index (χ3n) is 3.03. The number of piperazine rings is 1. The largest absolute Gasteiger partial charge is 0.315 e. The molecule has 2 heterocycles. The van der Waals surface area contributed by atoms with Gasteiger partial charge in [0.1, 0.15) is 0 Å². The quantitative estimate of drug-likeness (QED) is 0.810. The van der Waals surface area contributed by atoms with Gasteiger partial charge in [-0.2, -0.15) is 4.31 Å². The van der Waals surface area contributed by atoms with Gasteiger partial charge in [-0.3, -0.25) is 4.79 Å². The summed E-state index contributed by atoms with van der Waals surface area (Å²) < 4.78 is 26.7. The highest BCUT2D eigenvalue weighted by atomic mass is 32.2. The van der Waals surface area contributed by atoms with Gasteiger partial charge in [-0.1, -0.05) is 11.3 Å². The number of rotatable bonds is 2. The Kier molecular flexibility index (Phi) is 3.63. The van der Waals surface area contributed by atoms with E-state index in [0.717, 1.165) is 11.3 Å². The van der Waals surface area contributed by atoms with Crippen LogP contribution in [0.15, 0.2) is 9.00 Å². The maximum Gasteiger partial charge on any atom is 0.305 e. The Bertz CT molecular complexity index is 590. The summed E-state index contributed by atoms with van der Waals surface area (Å²) in [5.74, 6) is 0. The van der Waals surface area contributed by atoms with Gasteiger partial charge in [0.2, 0.25) is 0 Å². The summed E-state index contributed by atoms with van der Waals surface area (Å²) in [4.78, 5) is 13.4. The average molecular weight is 291 g/mol. The third kappa shape index (κ3) is 2.37. The Morgan fingerprint density at radius 1 is 1.39 bits per heavy atom. The molecule has 2 rings (SSSR count). The number of H-pyrrole nitrogens is 1. The maximum absolute atomic E-state index is 12.5. The van der Waals surface area contributed by atoms with Crippen molar-refractivity contribution in [2.24, 2.45) is 0 Å². The van der Waals surface area contributed by atoms with Crippen molar-refractivity contribution in [1.29, 1.82) is 0 Å². The minimum atomic E-state index is -3.57. The fourth-order valence-electron chi connectivity index (χ4n) is 2.07. The molecule has 8 heteroatoms. The summed E-state index contributed by atoms with van der Waals surface area (Å²) >= 11 is 0.757. The molecule has 1 aromatic heterocycles. The molecule has 18 heavy (non-hydrogen) atoms. The summed E-state index contributed by atoms with van der Waals surface area (Å²) in [5, 5.41) is 3.23. The number of aryl methyl sites for hydroxylation is 1. The third-order valence-corrected chi connectivity index (χ3v) is 6.59. The van der Waals surface area contributed by atoms with Gasteiger partial charge in [-0.15, -0.1) is 0 Å². The highest BCUT2D eigenvalue weighted by molar-refractivity contribution is 7.91.